The molecule has 0 saturated carbocycles. The number of thioether (sulfide) groups is 1. The minimum atomic E-state index is -0.135. The Bertz CT molecular complexity index is 908. The van der Waals surface area contributed by atoms with E-state index >= 15 is 0 Å². The second kappa shape index (κ2) is 44.0. The zero-order valence-electron chi connectivity index (χ0n) is 35.6. The number of carbonyl (C=O) groups is 3. The summed E-state index contributed by atoms with van der Waals surface area (Å²) in [7, 11) is 0. The molecule has 57 heavy (non-hydrogen) atoms. The lowest BCUT2D eigenvalue weighted by Crippen LogP contribution is -2.35. The van der Waals surface area contributed by atoms with Gasteiger partial charge in [-0.1, -0.05) is 27.7 Å². The summed E-state index contributed by atoms with van der Waals surface area (Å²) in [5.74, 6) is 0.0929. The monoisotopic (exact) mass is 844 g/mol. The van der Waals surface area contributed by atoms with Crippen LogP contribution in [0, 0.1) is 5.92 Å². The molecule has 0 aliphatic rings. The largest absolute Gasteiger partial charge is 0.379 e. The third-order valence-electron chi connectivity index (χ3n) is 7.29. The van der Waals surface area contributed by atoms with Gasteiger partial charge in [0, 0.05) is 31.8 Å². The summed E-state index contributed by atoms with van der Waals surface area (Å²) in [5, 5.41) is 5.80. The van der Waals surface area contributed by atoms with E-state index in [0.29, 0.717) is 183 Å². The molecule has 1 atom stereocenters. The molecular weight excluding hydrogens is 768 g/mol. The Morgan fingerprint density at radius 2 is 0.684 bits per heavy atom. The lowest BCUT2D eigenvalue weighted by molar-refractivity contribution is -0.123. The standard InChI is InChI=1S/C39H76N2O15S/c1-34(2)37(42)7-10-45-12-14-47-16-18-49-20-22-51-24-26-53-28-30-55-32-33-56-31-29-54-27-25-52-23-21-50-19-17-48-15-13-46-11-9-40-38(43)6-8-41-39(44)36(5)57-35(3)4/h34-36H,6-33H2,1-5H3,(H,40,43)(H,41,44). The molecule has 2 amide bonds. The van der Waals surface area contributed by atoms with Crippen molar-refractivity contribution in [3.05, 3.63) is 0 Å². The van der Waals surface area contributed by atoms with Crippen LogP contribution in [0.5, 0.6) is 0 Å². The van der Waals surface area contributed by atoms with Gasteiger partial charge < -0.3 is 67.5 Å². The van der Waals surface area contributed by atoms with Gasteiger partial charge in [-0.15, -0.1) is 11.8 Å². The van der Waals surface area contributed by atoms with E-state index in [1.165, 1.54) is 0 Å². The first-order valence-electron chi connectivity index (χ1n) is 20.4. The molecule has 2 N–H and O–H groups in total. The number of carbonyl (C=O) groups excluding carboxylic acids is 3. The van der Waals surface area contributed by atoms with Crippen LogP contribution in [0.15, 0.2) is 0 Å². The molecule has 0 aliphatic carbocycles. The minimum Gasteiger partial charge on any atom is -0.379 e. The van der Waals surface area contributed by atoms with E-state index in [9.17, 15) is 14.4 Å². The van der Waals surface area contributed by atoms with Gasteiger partial charge in [0.2, 0.25) is 11.8 Å². The molecule has 0 rings (SSSR count). The average Bonchev–Trinajstić information content (AvgIpc) is 3.18. The van der Waals surface area contributed by atoms with E-state index in [-0.39, 0.29) is 35.2 Å². The summed E-state index contributed by atoms with van der Waals surface area (Å²) in [5.41, 5.74) is 0. The molecule has 0 aromatic carbocycles. The zero-order valence-corrected chi connectivity index (χ0v) is 36.4. The van der Waals surface area contributed by atoms with Crippen LogP contribution in [0.3, 0.4) is 0 Å². The maximum Gasteiger partial charge on any atom is 0.232 e. The van der Waals surface area contributed by atoms with Crippen molar-refractivity contribution < 1.29 is 71.2 Å². The van der Waals surface area contributed by atoms with Crippen molar-refractivity contribution in [3.8, 4) is 0 Å². The molecule has 0 aliphatic heterocycles. The van der Waals surface area contributed by atoms with Crippen molar-refractivity contribution in [1.82, 2.24) is 10.6 Å². The van der Waals surface area contributed by atoms with Gasteiger partial charge in [-0.3, -0.25) is 14.4 Å². The number of ether oxygens (including phenoxy) is 12. The summed E-state index contributed by atoms with van der Waals surface area (Å²) in [4.78, 5) is 35.3. The fraction of sp³-hybridized carbons (Fsp3) is 0.923. The smallest absolute Gasteiger partial charge is 0.232 e. The summed E-state index contributed by atoms with van der Waals surface area (Å²) in [6.07, 6.45) is 0.683. The second-order valence-electron chi connectivity index (χ2n) is 12.9. The van der Waals surface area contributed by atoms with Crippen molar-refractivity contribution in [2.45, 2.75) is 58.0 Å². The van der Waals surface area contributed by atoms with E-state index in [2.05, 4.69) is 10.6 Å². The van der Waals surface area contributed by atoms with Crippen LogP contribution in [0.4, 0.5) is 0 Å². The van der Waals surface area contributed by atoms with Gasteiger partial charge in [-0.2, -0.15) is 0 Å². The second-order valence-corrected chi connectivity index (χ2v) is 14.9. The molecule has 0 fully saturated rings. The van der Waals surface area contributed by atoms with Crippen LogP contribution in [-0.4, -0.2) is 200 Å². The Hall–Kier alpha value is -1.52. The van der Waals surface area contributed by atoms with Crippen molar-refractivity contribution in [2.75, 3.05) is 172 Å². The number of nitrogens with one attached hydrogen (secondary N) is 2. The van der Waals surface area contributed by atoms with Gasteiger partial charge in [0.05, 0.1) is 164 Å². The van der Waals surface area contributed by atoms with Gasteiger partial charge >= 0.3 is 0 Å². The highest BCUT2D eigenvalue weighted by Gasteiger charge is 2.14. The zero-order chi connectivity index (χ0) is 41.9. The first kappa shape index (κ1) is 55.5. The van der Waals surface area contributed by atoms with Crippen LogP contribution in [0.1, 0.15) is 47.5 Å². The molecule has 0 saturated heterocycles. The van der Waals surface area contributed by atoms with Gasteiger partial charge in [0.25, 0.3) is 0 Å². The summed E-state index contributed by atoms with van der Waals surface area (Å²) in [6, 6.07) is 0. The molecule has 0 aromatic heterocycles. The predicted molar refractivity (Wildman–Crippen MR) is 217 cm³/mol. The molecule has 0 heterocycles. The van der Waals surface area contributed by atoms with E-state index < -0.39 is 0 Å². The number of hydrogen-bond acceptors (Lipinski definition) is 16. The third kappa shape index (κ3) is 43.9. The number of hydrogen-bond donors (Lipinski definition) is 2. The first-order valence-corrected chi connectivity index (χ1v) is 21.3. The minimum absolute atomic E-state index is 0.0487. The van der Waals surface area contributed by atoms with Crippen molar-refractivity contribution in [3.63, 3.8) is 0 Å². The summed E-state index contributed by atoms with van der Waals surface area (Å²) in [6.45, 7) is 21.7. The fourth-order valence-corrected chi connectivity index (χ4v) is 5.27. The molecule has 1 unspecified atom stereocenters. The molecule has 0 spiro atoms. The number of rotatable bonds is 46. The molecule has 0 radical (unpaired) electrons. The van der Waals surface area contributed by atoms with Crippen LogP contribution in [0.2, 0.25) is 0 Å². The van der Waals surface area contributed by atoms with Crippen LogP contribution >= 0.6 is 11.8 Å². The fourth-order valence-electron chi connectivity index (χ4n) is 4.25. The Morgan fingerprint density at radius 1 is 0.386 bits per heavy atom. The van der Waals surface area contributed by atoms with Crippen LogP contribution in [-0.2, 0) is 71.2 Å². The lowest BCUT2D eigenvalue weighted by atomic mass is 10.1. The Kier molecular flexibility index (Phi) is 42.9. The van der Waals surface area contributed by atoms with E-state index in [0.717, 1.165) is 0 Å². The first-order chi connectivity index (χ1) is 27.7. The summed E-state index contributed by atoms with van der Waals surface area (Å²) < 4.78 is 65.6. The van der Waals surface area contributed by atoms with Crippen molar-refractivity contribution in [1.29, 1.82) is 0 Å². The van der Waals surface area contributed by atoms with Crippen LogP contribution in [0.25, 0.3) is 0 Å². The Labute approximate surface area is 346 Å². The molecule has 0 aromatic rings. The van der Waals surface area contributed by atoms with Crippen LogP contribution < -0.4 is 10.6 Å². The molecule has 338 valence electrons. The highest BCUT2D eigenvalue weighted by atomic mass is 32.2. The van der Waals surface area contributed by atoms with Crippen molar-refractivity contribution >= 4 is 29.4 Å². The van der Waals surface area contributed by atoms with Gasteiger partial charge in [0.1, 0.15) is 5.78 Å². The van der Waals surface area contributed by atoms with Gasteiger partial charge in [-0.05, 0) is 12.2 Å². The molecule has 17 nitrogen and oxygen atoms in total. The maximum absolute atomic E-state index is 12.0. The van der Waals surface area contributed by atoms with E-state index in [1.807, 2.05) is 34.6 Å². The quantitative estimate of drug-likeness (QED) is 0.0847. The van der Waals surface area contributed by atoms with Gasteiger partial charge in [0.15, 0.2) is 0 Å². The third-order valence-corrected chi connectivity index (χ3v) is 8.46. The SMILES string of the molecule is CC(C)SC(C)C(=O)NCCC(=O)NCCOCCOCCOCCOCCOCCOCCOCCOCCOCCOCCOCCOCCC(=O)C(C)C. The number of Topliss-reactive ketones (excluding diaryl/α,β-unsaturated/α-hetero) is 1. The van der Waals surface area contributed by atoms with E-state index in [1.54, 1.807) is 11.8 Å². The lowest BCUT2D eigenvalue weighted by Gasteiger charge is -2.13. The normalized spacial score (nSPS) is 12.1. The van der Waals surface area contributed by atoms with E-state index in [4.69, 9.17) is 56.8 Å². The average molecular weight is 845 g/mol. The van der Waals surface area contributed by atoms with Gasteiger partial charge in [-0.25, -0.2) is 0 Å². The Balaban J connectivity index is 3.17. The molecule has 18 heteroatoms. The topological polar surface area (TPSA) is 186 Å². The maximum atomic E-state index is 12.0. The molecule has 0 bridgehead atoms. The number of amides is 2. The Morgan fingerprint density at radius 3 is 0.982 bits per heavy atom. The molecular formula is C39H76N2O15S. The predicted octanol–water partition coefficient (Wildman–Crippen LogP) is 1.95. The van der Waals surface area contributed by atoms with Crippen molar-refractivity contribution in [2.24, 2.45) is 5.92 Å². The summed E-state index contributed by atoms with van der Waals surface area (Å²) >= 11 is 1.59. The highest BCUT2D eigenvalue weighted by molar-refractivity contribution is 8.01. The number of ketones is 1. The highest BCUT2D eigenvalue weighted by Crippen LogP contribution is 2.16.